The Bertz CT molecular complexity index is 964. The van der Waals surface area contributed by atoms with Crippen molar-refractivity contribution in [2.45, 2.75) is 19.8 Å². The van der Waals surface area contributed by atoms with Gasteiger partial charge < -0.3 is 4.57 Å². The number of hydrogen-bond donors (Lipinski definition) is 1. The fourth-order valence-electron chi connectivity index (χ4n) is 2.87. The van der Waals surface area contributed by atoms with Crippen molar-refractivity contribution in [2.75, 3.05) is 0 Å². The summed E-state index contributed by atoms with van der Waals surface area (Å²) in [6.07, 6.45) is 0. The molecular weight excluding hydrogens is 279 g/mol. The van der Waals surface area contributed by atoms with Crippen LogP contribution in [0.3, 0.4) is 0 Å². The van der Waals surface area contributed by atoms with Gasteiger partial charge in [0.1, 0.15) is 16.9 Å². The minimum atomic E-state index is -0.231. The average molecular weight is 294 g/mol. The van der Waals surface area contributed by atoms with Crippen molar-refractivity contribution in [3.8, 4) is 5.69 Å². The zero-order valence-electron chi connectivity index (χ0n) is 12.3. The molecule has 2 heterocycles. The second-order valence-electron chi connectivity index (χ2n) is 5.76. The van der Waals surface area contributed by atoms with Crippen LogP contribution in [0.4, 0.5) is 4.39 Å². The van der Waals surface area contributed by atoms with Crippen LogP contribution in [0.2, 0.25) is 0 Å². The van der Waals surface area contributed by atoms with Gasteiger partial charge in [0.15, 0.2) is 0 Å². The lowest BCUT2D eigenvalue weighted by Crippen LogP contribution is -2.01. The van der Waals surface area contributed by atoms with E-state index in [0.29, 0.717) is 5.92 Å². The Morgan fingerprint density at radius 2 is 1.68 bits per heavy atom. The maximum atomic E-state index is 13.2. The number of rotatable bonds is 2. The highest BCUT2D eigenvalue weighted by atomic mass is 19.1. The van der Waals surface area contributed by atoms with E-state index < -0.39 is 0 Å². The molecule has 0 saturated carbocycles. The number of aromatic amines is 1. The molecule has 0 saturated heterocycles. The third kappa shape index (κ3) is 1.89. The predicted molar refractivity (Wildman–Crippen MR) is 84.8 cm³/mol. The molecule has 0 radical (unpaired) electrons. The van der Waals surface area contributed by atoms with Crippen molar-refractivity contribution < 1.29 is 4.39 Å². The molecule has 0 unspecified atom stereocenters. The van der Waals surface area contributed by atoms with Crippen LogP contribution in [0.15, 0.2) is 42.5 Å². The first kappa shape index (κ1) is 13.0. The third-order valence-electron chi connectivity index (χ3n) is 3.94. The molecule has 4 nitrogen and oxygen atoms in total. The number of H-pyrrole nitrogens is 1. The van der Waals surface area contributed by atoms with Crippen LogP contribution in [-0.4, -0.2) is 20.0 Å². The number of aromatic nitrogens is 4. The second-order valence-corrected chi connectivity index (χ2v) is 5.76. The lowest BCUT2D eigenvalue weighted by Gasteiger charge is -2.13. The van der Waals surface area contributed by atoms with Gasteiger partial charge >= 0.3 is 0 Å². The van der Waals surface area contributed by atoms with E-state index in [1.807, 2.05) is 12.1 Å². The monoisotopic (exact) mass is 294 g/mol. The Kier molecular flexibility index (Phi) is 2.76. The van der Waals surface area contributed by atoms with Gasteiger partial charge in [-0.25, -0.2) is 4.39 Å². The molecule has 2 aromatic carbocycles. The summed E-state index contributed by atoms with van der Waals surface area (Å²) in [6.45, 7) is 4.30. The molecule has 0 fully saturated rings. The number of nitrogens with one attached hydrogen (secondary N) is 1. The minimum Gasteiger partial charge on any atom is -0.313 e. The molecule has 0 bridgehead atoms. The van der Waals surface area contributed by atoms with Crippen LogP contribution >= 0.6 is 0 Å². The van der Waals surface area contributed by atoms with Gasteiger partial charge in [-0.1, -0.05) is 13.8 Å². The van der Waals surface area contributed by atoms with Crippen LogP contribution in [0.25, 0.3) is 27.6 Å². The fraction of sp³-hybridized carbons (Fsp3) is 0.176. The van der Waals surface area contributed by atoms with Gasteiger partial charge in [-0.05, 0) is 48.4 Å². The highest BCUT2D eigenvalue weighted by Gasteiger charge is 2.15. The number of nitrogens with zero attached hydrogens (tertiary/aromatic N) is 3. The quantitative estimate of drug-likeness (QED) is 0.603. The first-order valence-electron chi connectivity index (χ1n) is 7.25. The van der Waals surface area contributed by atoms with Gasteiger partial charge in [0.25, 0.3) is 0 Å². The lowest BCUT2D eigenvalue weighted by molar-refractivity contribution is 0.627. The van der Waals surface area contributed by atoms with Crippen LogP contribution < -0.4 is 0 Å². The maximum absolute atomic E-state index is 13.2. The molecule has 0 aliphatic rings. The minimum absolute atomic E-state index is 0.231. The molecule has 5 heteroatoms. The highest BCUT2D eigenvalue weighted by Crippen LogP contribution is 2.31. The van der Waals surface area contributed by atoms with E-state index in [0.717, 1.165) is 27.6 Å². The van der Waals surface area contributed by atoms with Gasteiger partial charge in [-0.3, -0.25) is 0 Å². The summed E-state index contributed by atoms with van der Waals surface area (Å²) in [5.41, 5.74) is 4.85. The molecule has 0 spiro atoms. The van der Waals surface area contributed by atoms with E-state index in [1.54, 1.807) is 12.1 Å². The summed E-state index contributed by atoms with van der Waals surface area (Å²) in [5.74, 6) is 0.115. The van der Waals surface area contributed by atoms with Crippen molar-refractivity contribution in [3.63, 3.8) is 0 Å². The van der Waals surface area contributed by atoms with Gasteiger partial charge in [-0.2, -0.15) is 15.4 Å². The molecule has 1 N–H and O–H groups in total. The number of fused-ring (bicyclic) bond motifs is 2. The predicted octanol–water partition coefficient (Wildman–Crippen LogP) is 4.16. The van der Waals surface area contributed by atoms with Crippen molar-refractivity contribution in [2.24, 2.45) is 0 Å². The molecule has 4 rings (SSSR count). The summed E-state index contributed by atoms with van der Waals surface area (Å²) < 4.78 is 15.4. The van der Waals surface area contributed by atoms with Crippen molar-refractivity contribution in [1.29, 1.82) is 0 Å². The molecule has 0 atom stereocenters. The summed E-state index contributed by atoms with van der Waals surface area (Å²) in [7, 11) is 0. The molecule has 110 valence electrons. The molecule has 2 aromatic heterocycles. The normalized spacial score (nSPS) is 11.8. The van der Waals surface area contributed by atoms with E-state index in [-0.39, 0.29) is 5.82 Å². The lowest BCUT2D eigenvalue weighted by atomic mass is 10.1. The summed E-state index contributed by atoms with van der Waals surface area (Å²) in [4.78, 5) is 0. The maximum Gasteiger partial charge on any atom is 0.123 e. The Labute approximate surface area is 126 Å². The molecular formula is C17H15FN4. The largest absolute Gasteiger partial charge is 0.313 e. The van der Waals surface area contributed by atoms with E-state index in [1.165, 1.54) is 17.8 Å². The highest BCUT2D eigenvalue weighted by molar-refractivity contribution is 5.95. The van der Waals surface area contributed by atoms with Crippen LogP contribution in [0, 0.1) is 5.82 Å². The van der Waals surface area contributed by atoms with Crippen molar-refractivity contribution in [1.82, 2.24) is 20.0 Å². The van der Waals surface area contributed by atoms with E-state index >= 15 is 0 Å². The number of halogens is 1. The first-order chi connectivity index (χ1) is 10.6. The van der Waals surface area contributed by atoms with Crippen LogP contribution in [0.1, 0.15) is 25.5 Å². The molecule has 22 heavy (non-hydrogen) atoms. The van der Waals surface area contributed by atoms with E-state index in [2.05, 4.69) is 39.9 Å². The van der Waals surface area contributed by atoms with Crippen LogP contribution in [0.5, 0.6) is 0 Å². The Morgan fingerprint density at radius 1 is 1.00 bits per heavy atom. The zero-order valence-corrected chi connectivity index (χ0v) is 12.3. The Morgan fingerprint density at radius 3 is 2.36 bits per heavy atom. The van der Waals surface area contributed by atoms with Gasteiger partial charge in [0.05, 0.1) is 5.52 Å². The summed E-state index contributed by atoms with van der Waals surface area (Å²) in [5, 5.41) is 12.1. The third-order valence-corrected chi connectivity index (χ3v) is 3.94. The average Bonchev–Trinajstić information content (AvgIpc) is 3.09. The molecule has 0 aliphatic heterocycles. The van der Waals surface area contributed by atoms with E-state index in [4.69, 9.17) is 0 Å². The first-order valence-corrected chi connectivity index (χ1v) is 7.25. The Balaban J connectivity index is 2.08. The standard InChI is InChI=1S/C17H15FN4/c1-10(2)16-8-11-7-14-15(20-21-19-14)9-17(11)22(16)13-5-3-12(18)4-6-13/h3-10H,1-2H3,(H,19,20,21). The van der Waals surface area contributed by atoms with Gasteiger partial charge in [0, 0.05) is 16.8 Å². The fourth-order valence-corrected chi connectivity index (χ4v) is 2.87. The Hall–Kier alpha value is -2.69. The molecule has 4 aromatic rings. The SMILES string of the molecule is CC(C)c1cc2cc3n[nH]nc3cc2n1-c1ccc(F)cc1. The van der Waals surface area contributed by atoms with Gasteiger partial charge in [0.2, 0.25) is 0 Å². The van der Waals surface area contributed by atoms with E-state index in [9.17, 15) is 4.39 Å². The van der Waals surface area contributed by atoms with Gasteiger partial charge in [-0.15, -0.1) is 0 Å². The topological polar surface area (TPSA) is 46.5 Å². The van der Waals surface area contributed by atoms with Crippen LogP contribution in [-0.2, 0) is 0 Å². The number of hydrogen-bond acceptors (Lipinski definition) is 2. The molecule has 0 amide bonds. The van der Waals surface area contributed by atoms with Crippen molar-refractivity contribution >= 4 is 21.9 Å². The van der Waals surface area contributed by atoms with Crippen molar-refractivity contribution in [3.05, 3.63) is 54.0 Å². The summed E-state index contributed by atoms with van der Waals surface area (Å²) in [6, 6.07) is 12.8. The second kappa shape index (κ2) is 4.66. The smallest absolute Gasteiger partial charge is 0.123 e. The zero-order chi connectivity index (χ0) is 15.3. The number of benzene rings is 2. The summed E-state index contributed by atoms with van der Waals surface area (Å²) >= 11 is 0. The molecule has 0 aliphatic carbocycles.